The van der Waals surface area contributed by atoms with E-state index in [1.54, 1.807) is 13.0 Å². The van der Waals surface area contributed by atoms with Gasteiger partial charge in [0.25, 0.3) is 5.91 Å². The van der Waals surface area contributed by atoms with E-state index in [-0.39, 0.29) is 35.8 Å². The number of amides is 2. The summed E-state index contributed by atoms with van der Waals surface area (Å²) in [6.45, 7) is 3.73. The van der Waals surface area contributed by atoms with Crippen LogP contribution < -0.4 is 10.1 Å². The van der Waals surface area contributed by atoms with Gasteiger partial charge in [-0.3, -0.25) is 9.59 Å². The molecule has 9 heteroatoms. The van der Waals surface area contributed by atoms with Gasteiger partial charge in [0.15, 0.2) is 6.61 Å². The first-order chi connectivity index (χ1) is 13.9. The van der Waals surface area contributed by atoms with Gasteiger partial charge in [-0.1, -0.05) is 0 Å². The predicted octanol–water partition coefficient (Wildman–Crippen LogP) is 1.74. The van der Waals surface area contributed by atoms with Crippen molar-refractivity contribution in [3.05, 3.63) is 17.7 Å². The van der Waals surface area contributed by atoms with Gasteiger partial charge in [-0.15, -0.1) is 0 Å². The van der Waals surface area contributed by atoms with Gasteiger partial charge in [0.2, 0.25) is 15.9 Å². The van der Waals surface area contributed by atoms with Crippen LogP contribution in [0.25, 0.3) is 0 Å². The van der Waals surface area contributed by atoms with Crippen molar-refractivity contribution in [3.8, 4) is 5.75 Å². The van der Waals surface area contributed by atoms with Gasteiger partial charge in [0.05, 0.1) is 16.5 Å². The highest BCUT2D eigenvalue weighted by Crippen LogP contribution is 2.35. The van der Waals surface area contributed by atoms with Crippen LogP contribution in [0.4, 0.5) is 5.69 Å². The highest BCUT2D eigenvalue weighted by Gasteiger charge is 2.36. The molecule has 3 aliphatic heterocycles. The van der Waals surface area contributed by atoms with Crippen LogP contribution in [0.1, 0.15) is 37.7 Å². The van der Waals surface area contributed by atoms with E-state index in [1.807, 2.05) is 4.90 Å². The molecule has 1 N–H and O–H groups in total. The molecule has 1 aromatic carbocycles. The average molecular weight is 422 g/mol. The molecule has 0 aromatic heterocycles. The minimum Gasteiger partial charge on any atom is -0.482 e. The summed E-state index contributed by atoms with van der Waals surface area (Å²) < 4.78 is 33.5. The van der Waals surface area contributed by atoms with Crippen LogP contribution in [-0.2, 0) is 19.6 Å². The molecule has 2 saturated heterocycles. The van der Waals surface area contributed by atoms with Crippen LogP contribution in [0.5, 0.6) is 5.75 Å². The van der Waals surface area contributed by atoms with Gasteiger partial charge in [0, 0.05) is 32.2 Å². The molecule has 3 aliphatic rings. The lowest BCUT2D eigenvalue weighted by Gasteiger charge is -2.36. The fourth-order valence-corrected chi connectivity index (χ4v) is 6.11. The highest BCUT2D eigenvalue weighted by molar-refractivity contribution is 7.89. The molecule has 3 heterocycles. The predicted molar refractivity (Wildman–Crippen MR) is 107 cm³/mol. The molecule has 0 spiro atoms. The van der Waals surface area contributed by atoms with Crippen LogP contribution >= 0.6 is 0 Å². The molecule has 0 radical (unpaired) electrons. The summed E-state index contributed by atoms with van der Waals surface area (Å²) in [5.74, 6) is -0.114. The second-order valence-electron chi connectivity index (χ2n) is 8.04. The van der Waals surface area contributed by atoms with E-state index >= 15 is 0 Å². The largest absolute Gasteiger partial charge is 0.482 e. The Bertz CT molecular complexity index is 924. The SMILES string of the molecule is Cc1cc2c(cc1S(=O)(=O)N1CCC[C@H](C(=O)N3CCCCC3)C1)OCC(=O)N2. The number of fused-ring (bicyclic) bond motifs is 1. The zero-order valence-electron chi connectivity index (χ0n) is 16.6. The molecule has 158 valence electrons. The average Bonchev–Trinajstić information content (AvgIpc) is 2.73. The molecule has 1 atom stereocenters. The van der Waals surface area contributed by atoms with E-state index in [0.717, 1.165) is 38.8 Å². The minimum absolute atomic E-state index is 0.0813. The highest BCUT2D eigenvalue weighted by atomic mass is 32.2. The number of anilines is 1. The van der Waals surface area contributed by atoms with E-state index in [9.17, 15) is 18.0 Å². The van der Waals surface area contributed by atoms with E-state index in [1.165, 1.54) is 10.4 Å². The normalized spacial score (nSPS) is 23.1. The zero-order valence-corrected chi connectivity index (χ0v) is 17.5. The number of piperidine rings is 2. The maximum absolute atomic E-state index is 13.4. The molecular formula is C20H27N3O5S. The monoisotopic (exact) mass is 421 g/mol. The number of carbonyl (C=O) groups is 2. The van der Waals surface area contributed by atoms with Crippen molar-refractivity contribution in [1.29, 1.82) is 0 Å². The van der Waals surface area contributed by atoms with Gasteiger partial charge in [-0.05, 0) is 50.7 Å². The Hall–Kier alpha value is -2.13. The number of carbonyl (C=O) groups excluding carboxylic acids is 2. The van der Waals surface area contributed by atoms with Crippen molar-refractivity contribution < 1.29 is 22.7 Å². The molecule has 4 rings (SSSR count). The van der Waals surface area contributed by atoms with E-state index in [0.29, 0.717) is 30.0 Å². The summed E-state index contributed by atoms with van der Waals surface area (Å²) in [5.41, 5.74) is 1.02. The number of nitrogens with one attached hydrogen (secondary N) is 1. The van der Waals surface area contributed by atoms with Crippen molar-refractivity contribution in [1.82, 2.24) is 9.21 Å². The maximum atomic E-state index is 13.4. The van der Waals surface area contributed by atoms with Crippen LogP contribution in [0.2, 0.25) is 0 Å². The number of hydrogen-bond donors (Lipinski definition) is 1. The number of nitrogens with zero attached hydrogens (tertiary/aromatic N) is 2. The molecule has 0 aliphatic carbocycles. The smallest absolute Gasteiger partial charge is 0.262 e. The standard InChI is InChI=1S/C20H27N3O5S/c1-14-10-16-17(28-13-19(24)21-16)11-18(14)29(26,27)23-9-5-6-15(12-23)20(25)22-7-3-2-4-8-22/h10-11,15H,2-9,12-13H2,1H3,(H,21,24)/t15-/m0/s1. The van der Waals surface area contributed by atoms with Crippen LogP contribution in [0.3, 0.4) is 0 Å². The van der Waals surface area contributed by atoms with Crippen molar-refractivity contribution in [3.63, 3.8) is 0 Å². The lowest BCUT2D eigenvalue weighted by molar-refractivity contribution is -0.137. The number of likely N-dealkylation sites (tertiary alicyclic amines) is 1. The number of rotatable bonds is 3. The molecule has 29 heavy (non-hydrogen) atoms. The Balaban J connectivity index is 1.55. The number of hydrogen-bond acceptors (Lipinski definition) is 5. The van der Waals surface area contributed by atoms with Crippen molar-refractivity contribution in [2.24, 2.45) is 5.92 Å². The second-order valence-corrected chi connectivity index (χ2v) is 9.95. The number of ether oxygens (including phenoxy) is 1. The third kappa shape index (κ3) is 3.98. The number of benzene rings is 1. The molecule has 8 nitrogen and oxygen atoms in total. The Morgan fingerprint density at radius 1 is 1.14 bits per heavy atom. The molecule has 2 fully saturated rings. The Morgan fingerprint density at radius 3 is 2.66 bits per heavy atom. The Labute approximate surface area is 171 Å². The summed E-state index contributed by atoms with van der Waals surface area (Å²) >= 11 is 0. The first-order valence-corrected chi connectivity index (χ1v) is 11.7. The van der Waals surface area contributed by atoms with Crippen molar-refractivity contribution in [2.45, 2.75) is 43.9 Å². The molecular weight excluding hydrogens is 394 g/mol. The summed E-state index contributed by atoms with van der Waals surface area (Å²) in [5, 5.41) is 2.69. The number of aryl methyl sites for hydroxylation is 1. The van der Waals surface area contributed by atoms with Crippen molar-refractivity contribution >= 4 is 27.5 Å². The molecule has 0 saturated carbocycles. The Morgan fingerprint density at radius 2 is 1.90 bits per heavy atom. The van der Waals surface area contributed by atoms with Crippen molar-refractivity contribution in [2.75, 3.05) is 38.1 Å². The van der Waals surface area contributed by atoms with E-state index < -0.39 is 10.0 Å². The van der Waals surface area contributed by atoms with Crippen LogP contribution in [0, 0.1) is 12.8 Å². The first kappa shape index (κ1) is 20.2. The zero-order chi connectivity index (χ0) is 20.6. The topological polar surface area (TPSA) is 96.0 Å². The first-order valence-electron chi connectivity index (χ1n) is 10.2. The number of sulfonamides is 1. The van der Waals surface area contributed by atoms with Gasteiger partial charge < -0.3 is 15.0 Å². The lowest BCUT2D eigenvalue weighted by Crippen LogP contribution is -2.47. The second kappa shape index (κ2) is 7.95. The van der Waals surface area contributed by atoms with Gasteiger partial charge >= 0.3 is 0 Å². The Kier molecular flexibility index (Phi) is 5.52. The fraction of sp³-hybridized carbons (Fsp3) is 0.600. The minimum atomic E-state index is -3.77. The molecule has 0 bridgehead atoms. The van der Waals surface area contributed by atoms with Crippen LogP contribution in [0.15, 0.2) is 17.0 Å². The maximum Gasteiger partial charge on any atom is 0.262 e. The quantitative estimate of drug-likeness (QED) is 0.802. The molecule has 2 amide bonds. The van der Waals surface area contributed by atoms with E-state index in [4.69, 9.17) is 4.74 Å². The summed E-state index contributed by atoms with van der Waals surface area (Å²) in [6, 6.07) is 3.11. The molecule has 0 unspecified atom stereocenters. The van der Waals surface area contributed by atoms with Gasteiger partial charge in [-0.2, -0.15) is 4.31 Å². The van der Waals surface area contributed by atoms with E-state index in [2.05, 4.69) is 5.32 Å². The summed E-state index contributed by atoms with van der Waals surface area (Å²) in [4.78, 5) is 26.5. The molecule has 1 aromatic rings. The third-order valence-electron chi connectivity index (χ3n) is 5.93. The van der Waals surface area contributed by atoms with Gasteiger partial charge in [0.1, 0.15) is 5.75 Å². The third-order valence-corrected chi connectivity index (χ3v) is 7.94. The van der Waals surface area contributed by atoms with Crippen LogP contribution in [-0.4, -0.2) is 62.2 Å². The van der Waals surface area contributed by atoms with Gasteiger partial charge in [-0.25, -0.2) is 8.42 Å². The summed E-state index contributed by atoms with van der Waals surface area (Å²) in [7, 11) is -3.77. The lowest BCUT2D eigenvalue weighted by atomic mass is 9.97. The fourth-order valence-electron chi connectivity index (χ4n) is 4.37. The summed E-state index contributed by atoms with van der Waals surface area (Å²) in [6.07, 6.45) is 4.57.